The topological polar surface area (TPSA) is 94.6 Å². The first-order valence-corrected chi connectivity index (χ1v) is 14.2. The number of nitrogens with one attached hydrogen (secondary N) is 1. The van der Waals surface area contributed by atoms with Crippen molar-refractivity contribution < 1.29 is 49.0 Å². The van der Waals surface area contributed by atoms with Gasteiger partial charge in [0.2, 0.25) is 0 Å². The second-order valence-electron chi connectivity index (χ2n) is 9.59. The Morgan fingerprint density at radius 1 is 0.950 bits per heavy atom. The van der Waals surface area contributed by atoms with Crippen molar-refractivity contribution >= 4 is 46.3 Å². The van der Waals surface area contributed by atoms with Gasteiger partial charge in [0, 0.05) is 34.9 Å². The van der Waals surface area contributed by atoms with E-state index in [0.29, 0.717) is 29.6 Å². The number of carbonyl (C=O) groups is 2. The molecule has 1 N–H and O–H groups in total. The molecule has 1 saturated heterocycles. The number of carbonyl (C=O) groups excluding carboxylic acids is 2. The fourth-order valence-corrected chi connectivity index (χ4v) is 6.17. The van der Waals surface area contributed by atoms with Gasteiger partial charge in [-0.25, -0.2) is 4.98 Å². The number of ether oxygens (including phenoxy) is 1. The molecule has 0 aliphatic carbocycles. The van der Waals surface area contributed by atoms with Gasteiger partial charge in [-0.2, -0.15) is 0 Å². The number of thiazole rings is 1. The Hall–Kier alpha value is -2.66. The molecule has 0 unspecified atom stereocenters. The molecule has 7 nitrogen and oxygen atoms in total. The molecular formula is C30H28N3NaO4S2. The molecule has 0 atom stereocenters. The normalized spacial score (nSPS) is 13.4. The summed E-state index contributed by atoms with van der Waals surface area (Å²) in [4.78, 5) is 33.4. The Labute approximate surface area is 264 Å². The van der Waals surface area contributed by atoms with Crippen molar-refractivity contribution in [3.05, 3.63) is 84.6 Å². The number of morpholine rings is 1. The van der Waals surface area contributed by atoms with Crippen LogP contribution in [-0.2, 0) is 9.53 Å². The number of carboxylic acid groups (broad SMARTS) is 1. The van der Waals surface area contributed by atoms with Crippen LogP contribution in [0.2, 0.25) is 0 Å². The van der Waals surface area contributed by atoms with Crippen LogP contribution in [-0.4, -0.2) is 47.9 Å². The number of hydrogen-bond donors (Lipinski definition) is 1. The molecule has 1 aliphatic heterocycles. The molecule has 1 amide bonds. The van der Waals surface area contributed by atoms with Gasteiger partial charge < -0.3 is 24.9 Å². The van der Waals surface area contributed by atoms with Gasteiger partial charge in [-0.05, 0) is 55.8 Å². The summed E-state index contributed by atoms with van der Waals surface area (Å²) in [6, 6.07) is 25.1. The van der Waals surface area contributed by atoms with E-state index in [1.807, 2.05) is 78.9 Å². The number of benzene rings is 3. The minimum Gasteiger partial charge on any atom is -0.549 e. The summed E-state index contributed by atoms with van der Waals surface area (Å²) in [6.07, 6.45) is 0. The first kappa shape index (κ1) is 30.3. The molecule has 1 fully saturated rings. The molecule has 4 aromatic rings. The van der Waals surface area contributed by atoms with Crippen molar-refractivity contribution in [3.63, 3.8) is 0 Å². The van der Waals surface area contributed by atoms with E-state index in [1.54, 1.807) is 13.8 Å². The van der Waals surface area contributed by atoms with Gasteiger partial charge in [0.15, 0.2) is 0 Å². The summed E-state index contributed by atoms with van der Waals surface area (Å²) < 4.78 is 4.39. The van der Waals surface area contributed by atoms with Crippen molar-refractivity contribution in [2.45, 2.75) is 23.5 Å². The molecule has 0 bridgehead atoms. The summed E-state index contributed by atoms with van der Waals surface area (Å²) in [5, 5.41) is 15.1. The fraction of sp³-hybridized carbons (Fsp3) is 0.233. The molecule has 2 heterocycles. The van der Waals surface area contributed by atoms with Gasteiger partial charge >= 0.3 is 29.6 Å². The van der Waals surface area contributed by atoms with Gasteiger partial charge in [0.25, 0.3) is 5.91 Å². The van der Waals surface area contributed by atoms with Crippen molar-refractivity contribution in [2.24, 2.45) is 0 Å². The van der Waals surface area contributed by atoms with Crippen LogP contribution in [0.25, 0.3) is 21.0 Å². The maximum atomic E-state index is 13.5. The van der Waals surface area contributed by atoms with E-state index in [0.717, 1.165) is 39.7 Å². The number of carboxylic acids is 1. The van der Waals surface area contributed by atoms with Crippen LogP contribution in [0.4, 0.5) is 11.4 Å². The molecule has 1 aromatic heterocycles. The number of aliphatic carboxylic acids is 1. The van der Waals surface area contributed by atoms with Gasteiger partial charge in [0.1, 0.15) is 10.7 Å². The summed E-state index contributed by atoms with van der Waals surface area (Å²) in [7, 11) is 0. The molecule has 3 aromatic carbocycles. The molecule has 0 radical (unpaired) electrons. The quantitative estimate of drug-likeness (QED) is 0.252. The Kier molecular flexibility index (Phi) is 10.1. The monoisotopic (exact) mass is 581 g/mol. The Balaban J connectivity index is 0.00000370. The second-order valence-corrected chi connectivity index (χ2v) is 12.3. The maximum Gasteiger partial charge on any atom is 1.00 e. The fourth-order valence-electron chi connectivity index (χ4n) is 4.15. The predicted octanol–water partition coefficient (Wildman–Crippen LogP) is 2.19. The largest absolute Gasteiger partial charge is 1.00 e. The minimum absolute atomic E-state index is 0. The van der Waals surface area contributed by atoms with Crippen LogP contribution in [0.5, 0.6) is 0 Å². The van der Waals surface area contributed by atoms with E-state index in [-0.39, 0.29) is 35.5 Å². The van der Waals surface area contributed by atoms with E-state index in [9.17, 15) is 14.7 Å². The minimum atomic E-state index is -1.12. The SMILES string of the molecule is CC(C)(Sc1ccc(-c2nc(C(=O)Nc3ccc(N4CCOCC4)cc3)c(-c3ccccc3)s2)cc1)C(=O)[O-].[Na+]. The zero-order valence-electron chi connectivity index (χ0n) is 22.7. The van der Waals surface area contributed by atoms with E-state index in [2.05, 4.69) is 10.2 Å². The Morgan fingerprint density at radius 3 is 2.23 bits per heavy atom. The number of thioether (sulfide) groups is 1. The van der Waals surface area contributed by atoms with Crippen LogP contribution < -0.4 is 44.9 Å². The molecule has 200 valence electrons. The smallest absolute Gasteiger partial charge is 0.549 e. The van der Waals surface area contributed by atoms with Crippen LogP contribution in [0.15, 0.2) is 83.8 Å². The van der Waals surface area contributed by atoms with Gasteiger partial charge in [0.05, 0.1) is 28.8 Å². The number of nitrogens with zero attached hydrogens (tertiary/aromatic N) is 2. The number of amides is 1. The Bertz CT molecular complexity index is 1450. The van der Waals surface area contributed by atoms with E-state index in [4.69, 9.17) is 9.72 Å². The summed E-state index contributed by atoms with van der Waals surface area (Å²) in [5.41, 5.74) is 3.91. The molecule has 10 heteroatoms. The standard InChI is InChI=1S/C30H29N3O4S2.Na/c1-30(2,29(35)36)39-24-14-8-21(9-15-24)28-32-25(26(38-28)20-6-4-3-5-7-20)27(34)31-22-10-12-23(13-11-22)33-16-18-37-19-17-33;/h3-15H,16-19H2,1-2H3,(H,31,34)(H,35,36);/q;+1/p-1. The Morgan fingerprint density at radius 2 is 1.60 bits per heavy atom. The number of aromatic nitrogens is 1. The van der Waals surface area contributed by atoms with Gasteiger partial charge in [-0.1, -0.05) is 42.5 Å². The van der Waals surface area contributed by atoms with Crippen LogP contribution in [0, 0.1) is 0 Å². The molecule has 5 rings (SSSR count). The molecule has 1 aliphatic rings. The molecule has 40 heavy (non-hydrogen) atoms. The van der Waals surface area contributed by atoms with Gasteiger partial charge in [-0.15, -0.1) is 23.1 Å². The third kappa shape index (κ3) is 7.15. The van der Waals surface area contributed by atoms with Crippen molar-refractivity contribution in [2.75, 3.05) is 36.5 Å². The first-order valence-electron chi connectivity index (χ1n) is 12.6. The average molecular weight is 582 g/mol. The van der Waals surface area contributed by atoms with E-state index >= 15 is 0 Å². The number of anilines is 2. The maximum absolute atomic E-state index is 13.5. The second kappa shape index (κ2) is 13.3. The first-order chi connectivity index (χ1) is 18.8. The summed E-state index contributed by atoms with van der Waals surface area (Å²) >= 11 is 2.68. The number of rotatable bonds is 8. The van der Waals surface area contributed by atoms with E-state index in [1.165, 1.54) is 23.1 Å². The van der Waals surface area contributed by atoms with Crippen LogP contribution in [0.1, 0.15) is 24.3 Å². The molecular weight excluding hydrogens is 553 g/mol. The average Bonchev–Trinajstić information content (AvgIpc) is 3.40. The zero-order chi connectivity index (χ0) is 27.4. The third-order valence-electron chi connectivity index (χ3n) is 6.35. The van der Waals surface area contributed by atoms with Crippen molar-refractivity contribution in [1.82, 2.24) is 4.98 Å². The predicted molar refractivity (Wildman–Crippen MR) is 155 cm³/mol. The summed E-state index contributed by atoms with van der Waals surface area (Å²) in [6.45, 7) is 6.37. The van der Waals surface area contributed by atoms with E-state index < -0.39 is 10.7 Å². The van der Waals surface area contributed by atoms with Crippen LogP contribution in [0.3, 0.4) is 0 Å². The molecule has 0 saturated carbocycles. The summed E-state index contributed by atoms with van der Waals surface area (Å²) in [5.74, 6) is -1.39. The van der Waals surface area contributed by atoms with Crippen molar-refractivity contribution in [3.8, 4) is 21.0 Å². The third-order valence-corrected chi connectivity index (χ3v) is 8.68. The van der Waals surface area contributed by atoms with Crippen molar-refractivity contribution in [1.29, 1.82) is 0 Å². The molecule has 0 spiro atoms. The van der Waals surface area contributed by atoms with Crippen LogP contribution >= 0.6 is 23.1 Å². The zero-order valence-corrected chi connectivity index (χ0v) is 26.3. The van der Waals surface area contributed by atoms with Gasteiger partial charge in [-0.3, -0.25) is 4.79 Å². The number of hydrogen-bond acceptors (Lipinski definition) is 8.